The first kappa shape index (κ1) is 17.6. The van der Waals surface area contributed by atoms with Gasteiger partial charge in [0.15, 0.2) is 0 Å². The molecule has 4 nitrogen and oxygen atoms in total. The summed E-state index contributed by atoms with van der Waals surface area (Å²) in [5, 5.41) is 15.5. The minimum absolute atomic E-state index is 0.00989. The molecular weight excluding hydrogens is 278 g/mol. The first-order valence-electron chi connectivity index (χ1n) is 7.60. The molecule has 0 atom stereocenters. The van der Waals surface area contributed by atoms with Crippen LogP contribution >= 0.6 is 0 Å². The van der Waals surface area contributed by atoms with Crippen molar-refractivity contribution >= 4 is 5.97 Å². The van der Waals surface area contributed by atoms with Crippen LogP contribution in [-0.4, -0.2) is 27.7 Å². The van der Waals surface area contributed by atoms with Gasteiger partial charge in [-0.05, 0) is 19.3 Å². The van der Waals surface area contributed by atoms with Crippen molar-refractivity contribution in [3.63, 3.8) is 0 Å². The van der Waals surface area contributed by atoms with E-state index in [2.05, 4.69) is 10.2 Å². The molecule has 2 N–H and O–H groups in total. The number of carbonyl (C=O) groups is 1. The van der Waals surface area contributed by atoms with E-state index in [1.165, 1.54) is 0 Å². The van der Waals surface area contributed by atoms with Gasteiger partial charge in [-0.25, -0.2) is 8.78 Å². The number of unbranched alkanes of at least 4 members (excludes halogenated alkanes) is 6. The highest BCUT2D eigenvalue weighted by atomic mass is 19.3. The number of carboxylic acids is 1. The fourth-order valence-electron chi connectivity index (χ4n) is 2.35. The number of hydrogen-bond acceptors (Lipinski definition) is 2. The van der Waals surface area contributed by atoms with Crippen LogP contribution in [0.5, 0.6) is 0 Å². The average Bonchev–Trinajstić information content (AvgIpc) is 2.83. The first-order valence-corrected chi connectivity index (χ1v) is 7.60. The number of carboxylic acid groups (broad SMARTS) is 1. The van der Waals surface area contributed by atoms with Crippen molar-refractivity contribution in [2.45, 2.75) is 70.6 Å². The van der Waals surface area contributed by atoms with E-state index in [0.717, 1.165) is 56.2 Å². The number of H-pyrrole nitrogens is 1. The molecule has 0 spiro atoms. The van der Waals surface area contributed by atoms with Crippen molar-refractivity contribution in [2.24, 2.45) is 0 Å². The number of alkyl halides is 2. The number of rotatable bonds is 12. The molecule has 1 aromatic heterocycles. The highest BCUT2D eigenvalue weighted by Gasteiger charge is 2.08. The Kier molecular flexibility index (Phi) is 8.62. The van der Waals surface area contributed by atoms with E-state index in [0.29, 0.717) is 6.42 Å². The summed E-state index contributed by atoms with van der Waals surface area (Å²) in [4.78, 5) is 10.7. The molecule has 120 valence electrons. The van der Waals surface area contributed by atoms with Crippen LogP contribution in [0.3, 0.4) is 0 Å². The van der Waals surface area contributed by atoms with Crippen molar-refractivity contribution in [3.8, 4) is 0 Å². The predicted octanol–water partition coefficient (Wildman–Crippen LogP) is 3.97. The smallest absolute Gasteiger partial charge is 0.307 e. The Bertz CT molecular complexity index is 408. The van der Waals surface area contributed by atoms with Crippen molar-refractivity contribution in [1.29, 1.82) is 0 Å². The minimum atomic E-state index is -2.17. The van der Waals surface area contributed by atoms with Gasteiger partial charge >= 0.3 is 5.97 Å². The molecule has 1 heterocycles. The zero-order valence-corrected chi connectivity index (χ0v) is 12.3. The number of aromatic amines is 1. The molecule has 0 saturated heterocycles. The van der Waals surface area contributed by atoms with Crippen LogP contribution in [0.1, 0.15) is 62.6 Å². The van der Waals surface area contributed by atoms with E-state index in [4.69, 9.17) is 5.11 Å². The zero-order valence-electron chi connectivity index (χ0n) is 12.3. The molecule has 0 fully saturated rings. The summed E-state index contributed by atoms with van der Waals surface area (Å²) in [5.74, 6) is -0.846. The molecule has 21 heavy (non-hydrogen) atoms. The van der Waals surface area contributed by atoms with Crippen LogP contribution in [-0.2, 0) is 17.6 Å². The van der Waals surface area contributed by atoms with Crippen molar-refractivity contribution < 1.29 is 18.7 Å². The van der Waals surface area contributed by atoms with Crippen molar-refractivity contribution in [1.82, 2.24) is 10.2 Å². The van der Waals surface area contributed by atoms with E-state index in [-0.39, 0.29) is 12.8 Å². The molecule has 0 aliphatic heterocycles. The highest BCUT2D eigenvalue weighted by Crippen LogP contribution is 2.14. The van der Waals surface area contributed by atoms with E-state index < -0.39 is 12.4 Å². The van der Waals surface area contributed by atoms with Crippen LogP contribution in [0.2, 0.25) is 0 Å². The predicted molar refractivity (Wildman–Crippen MR) is 76.6 cm³/mol. The van der Waals surface area contributed by atoms with Gasteiger partial charge in [-0.2, -0.15) is 5.10 Å². The molecule has 0 radical (unpaired) electrons. The third-order valence-electron chi connectivity index (χ3n) is 3.50. The van der Waals surface area contributed by atoms with Gasteiger partial charge < -0.3 is 5.11 Å². The van der Waals surface area contributed by atoms with Gasteiger partial charge in [0.2, 0.25) is 6.43 Å². The highest BCUT2D eigenvalue weighted by molar-refractivity contribution is 5.70. The Labute approximate surface area is 123 Å². The normalized spacial score (nSPS) is 11.2. The lowest BCUT2D eigenvalue weighted by atomic mass is 10.0. The number of halogens is 2. The fraction of sp³-hybridized carbons (Fsp3) is 0.733. The van der Waals surface area contributed by atoms with E-state index in [9.17, 15) is 13.6 Å². The van der Waals surface area contributed by atoms with Crippen LogP contribution in [0, 0.1) is 0 Å². The number of hydrogen-bond donors (Lipinski definition) is 2. The molecular formula is C15H24F2N2O2. The summed E-state index contributed by atoms with van der Waals surface area (Å²) in [5.41, 5.74) is 1.67. The van der Waals surface area contributed by atoms with E-state index >= 15 is 0 Å². The topological polar surface area (TPSA) is 66.0 Å². The lowest BCUT2D eigenvalue weighted by Crippen LogP contribution is -2.02. The van der Waals surface area contributed by atoms with Gasteiger partial charge in [-0.15, -0.1) is 0 Å². The second kappa shape index (κ2) is 10.3. The largest absolute Gasteiger partial charge is 0.481 e. The number of aliphatic carboxylic acids is 1. The van der Waals surface area contributed by atoms with Crippen molar-refractivity contribution in [3.05, 3.63) is 17.5 Å². The molecule has 0 aromatic carbocycles. The molecule has 0 unspecified atom stereocenters. The number of aryl methyl sites for hydroxylation is 1. The molecule has 6 heteroatoms. The maximum atomic E-state index is 11.9. The Morgan fingerprint density at radius 3 is 2.38 bits per heavy atom. The summed E-state index contributed by atoms with van der Waals surface area (Å²) in [6.45, 7) is 0. The third-order valence-corrected chi connectivity index (χ3v) is 3.50. The molecule has 1 aromatic rings. The number of nitrogens with zero attached hydrogens (tertiary/aromatic N) is 1. The lowest BCUT2D eigenvalue weighted by Gasteiger charge is -2.03. The summed E-state index contributed by atoms with van der Waals surface area (Å²) in [6.07, 6.45) is 7.00. The molecule has 0 amide bonds. The Balaban J connectivity index is 2.02. The van der Waals surface area contributed by atoms with Crippen molar-refractivity contribution in [2.75, 3.05) is 0 Å². The second-order valence-corrected chi connectivity index (χ2v) is 5.35. The monoisotopic (exact) mass is 302 g/mol. The summed E-state index contributed by atoms with van der Waals surface area (Å²) in [7, 11) is 0. The van der Waals surface area contributed by atoms with Crippen LogP contribution in [0.4, 0.5) is 8.78 Å². The molecule has 0 bridgehead atoms. The van der Waals surface area contributed by atoms with E-state index in [1.54, 1.807) is 6.20 Å². The summed E-state index contributed by atoms with van der Waals surface area (Å²) < 4.78 is 23.8. The quantitative estimate of drug-likeness (QED) is 0.574. The van der Waals surface area contributed by atoms with Gasteiger partial charge in [-0.1, -0.05) is 32.1 Å². The van der Waals surface area contributed by atoms with E-state index in [1.807, 2.05) is 0 Å². The van der Waals surface area contributed by atoms with Crippen LogP contribution in [0.25, 0.3) is 0 Å². The number of aromatic nitrogens is 2. The Morgan fingerprint density at radius 1 is 1.14 bits per heavy atom. The summed E-state index contributed by atoms with van der Waals surface area (Å²) in [6, 6.07) is 0. The van der Waals surface area contributed by atoms with Crippen LogP contribution < -0.4 is 0 Å². The van der Waals surface area contributed by atoms with Gasteiger partial charge in [0, 0.05) is 17.7 Å². The van der Waals surface area contributed by atoms with Gasteiger partial charge in [0.25, 0.3) is 0 Å². The first-order chi connectivity index (χ1) is 10.1. The van der Waals surface area contributed by atoms with Gasteiger partial charge in [0.1, 0.15) is 0 Å². The zero-order chi connectivity index (χ0) is 15.5. The average molecular weight is 302 g/mol. The summed E-state index contributed by atoms with van der Waals surface area (Å²) >= 11 is 0. The Hall–Kier alpha value is -1.46. The molecule has 0 aliphatic rings. The minimum Gasteiger partial charge on any atom is -0.481 e. The van der Waals surface area contributed by atoms with Gasteiger partial charge in [0.05, 0.1) is 12.6 Å². The molecule has 0 saturated carbocycles. The second-order valence-electron chi connectivity index (χ2n) is 5.35. The third kappa shape index (κ3) is 8.42. The fourth-order valence-corrected chi connectivity index (χ4v) is 2.35. The molecule has 1 rings (SSSR count). The van der Waals surface area contributed by atoms with Gasteiger partial charge in [-0.3, -0.25) is 9.89 Å². The lowest BCUT2D eigenvalue weighted by molar-refractivity contribution is -0.136. The van der Waals surface area contributed by atoms with Crippen LogP contribution in [0.15, 0.2) is 6.20 Å². The maximum absolute atomic E-state index is 11.9. The number of nitrogens with one attached hydrogen (secondary N) is 1. The standard InChI is InChI=1S/C15H24F2N2O2/c16-14(17)9-7-5-3-1-2-4-6-8-13-12(10-15(20)21)11-18-19-13/h11,14H,1-10H2,(H,18,19)(H,20,21). The maximum Gasteiger partial charge on any atom is 0.307 e. The Morgan fingerprint density at radius 2 is 1.76 bits per heavy atom. The molecule has 0 aliphatic carbocycles. The SMILES string of the molecule is O=C(O)Cc1cn[nH]c1CCCCCCCCCC(F)F.